The minimum atomic E-state index is -4.98. The third kappa shape index (κ3) is 5.34. The van der Waals surface area contributed by atoms with E-state index in [1.165, 1.54) is 7.05 Å². The average Bonchev–Trinajstić information content (AvgIpc) is 3.51. The molecule has 0 bridgehead atoms. The lowest BCUT2D eigenvalue weighted by Gasteiger charge is -2.15. The van der Waals surface area contributed by atoms with E-state index in [1.54, 1.807) is 30.3 Å². The van der Waals surface area contributed by atoms with Crippen molar-refractivity contribution in [3.63, 3.8) is 0 Å². The summed E-state index contributed by atoms with van der Waals surface area (Å²) in [5.74, 6) is -4.26. The van der Waals surface area contributed by atoms with Gasteiger partial charge in [0.15, 0.2) is 11.6 Å². The number of alkyl halides is 3. The molecule has 0 heterocycles. The topological polar surface area (TPSA) is 41.3 Å². The fourth-order valence-electron chi connectivity index (χ4n) is 2.84. The normalized spacial score (nSPS) is 14.9. The first kappa shape index (κ1) is 21.7. The second-order valence-corrected chi connectivity index (χ2v) is 7.08. The van der Waals surface area contributed by atoms with Crippen LogP contribution in [0.5, 0.6) is 0 Å². The molecule has 160 valence electrons. The lowest BCUT2D eigenvalue weighted by Crippen LogP contribution is -2.40. The maximum absolute atomic E-state index is 14.6. The summed E-state index contributed by atoms with van der Waals surface area (Å²) in [5, 5.41) is 2.28. The number of amidine groups is 1. The molecular weight excluding hydrogens is 407 g/mol. The quantitative estimate of drug-likeness (QED) is 0.248. The van der Waals surface area contributed by atoms with E-state index in [0.717, 1.165) is 17.6 Å². The fraction of sp³-hybridized carbons (Fsp3) is 0.333. The highest BCUT2D eigenvalue weighted by Crippen LogP contribution is 2.34. The first-order valence-electron chi connectivity index (χ1n) is 9.29. The molecule has 2 aromatic rings. The molecule has 9 heteroatoms. The van der Waals surface area contributed by atoms with Crippen molar-refractivity contribution in [3.05, 3.63) is 70.8 Å². The van der Waals surface area contributed by atoms with Crippen LogP contribution in [0.2, 0.25) is 0 Å². The molecule has 2 aromatic carbocycles. The Morgan fingerprint density at radius 1 is 1.13 bits per heavy atom. The third-order valence-corrected chi connectivity index (χ3v) is 4.62. The van der Waals surface area contributed by atoms with Crippen LogP contribution in [0.25, 0.3) is 0 Å². The summed E-state index contributed by atoms with van der Waals surface area (Å²) in [4.78, 5) is 17.9. The van der Waals surface area contributed by atoms with E-state index in [0.29, 0.717) is 17.7 Å². The Morgan fingerprint density at radius 2 is 1.80 bits per heavy atom. The van der Waals surface area contributed by atoms with Crippen LogP contribution < -0.4 is 5.32 Å². The van der Waals surface area contributed by atoms with Crippen LogP contribution >= 0.6 is 0 Å². The molecule has 1 N–H and O–H groups in total. The molecule has 1 saturated carbocycles. The van der Waals surface area contributed by atoms with Gasteiger partial charge in [0.2, 0.25) is 0 Å². The maximum atomic E-state index is 14.6. The smallest absolute Gasteiger partial charge is 0.341 e. The second-order valence-electron chi connectivity index (χ2n) is 7.08. The van der Waals surface area contributed by atoms with Gasteiger partial charge in [0.05, 0.1) is 12.0 Å². The molecule has 0 saturated heterocycles. The van der Waals surface area contributed by atoms with Crippen molar-refractivity contribution in [2.24, 2.45) is 5.92 Å². The van der Waals surface area contributed by atoms with Crippen LogP contribution in [-0.4, -0.2) is 30.1 Å². The van der Waals surface area contributed by atoms with Gasteiger partial charge in [-0.05, 0) is 36.5 Å². The van der Waals surface area contributed by atoms with Gasteiger partial charge >= 0.3 is 17.9 Å². The zero-order valence-corrected chi connectivity index (χ0v) is 16.1. The Bertz CT molecular complexity index is 954. The van der Waals surface area contributed by atoms with Crippen LogP contribution in [0.15, 0.2) is 42.5 Å². The summed E-state index contributed by atoms with van der Waals surface area (Å²) < 4.78 is 69.8. The highest BCUT2D eigenvalue weighted by Gasteiger charge is 2.40. The van der Waals surface area contributed by atoms with Gasteiger partial charge in [-0.25, -0.2) is 18.9 Å². The summed E-state index contributed by atoms with van der Waals surface area (Å²) in [5.41, 5.74) is -1.92. The standard InChI is InChI=1S/C21H19F5N2O2/c1-28(30-12-14-7-8-14)20(27-17(29)11-13-5-3-2-4-6-13)18-15(21(24,25)26)9-10-16(22)19(18)23/h2-6,9-10,14H,7-8,11-12H2,1H3/p+1. The van der Waals surface area contributed by atoms with E-state index < -0.39 is 40.7 Å². The summed E-state index contributed by atoms with van der Waals surface area (Å²) in [6.45, 7) is 0.187. The van der Waals surface area contributed by atoms with E-state index in [2.05, 4.69) is 5.32 Å². The van der Waals surface area contributed by atoms with E-state index in [-0.39, 0.29) is 18.9 Å². The number of carbonyl (C=O) groups is 1. The highest BCUT2D eigenvalue weighted by molar-refractivity contribution is 6.06. The molecule has 4 nitrogen and oxygen atoms in total. The van der Waals surface area contributed by atoms with Gasteiger partial charge < -0.3 is 4.84 Å². The Balaban J connectivity index is 2.01. The molecule has 1 aliphatic carbocycles. The van der Waals surface area contributed by atoms with E-state index in [4.69, 9.17) is 4.84 Å². The summed E-state index contributed by atoms with van der Waals surface area (Å²) >= 11 is 0. The molecule has 0 aromatic heterocycles. The molecule has 1 amide bonds. The van der Waals surface area contributed by atoms with Gasteiger partial charge in [0.25, 0.3) is 0 Å². The van der Waals surface area contributed by atoms with Crippen LogP contribution in [0.1, 0.15) is 29.5 Å². The van der Waals surface area contributed by atoms with Crippen molar-refractivity contribution in [2.45, 2.75) is 25.4 Å². The van der Waals surface area contributed by atoms with Gasteiger partial charge in [-0.3, -0.25) is 0 Å². The molecule has 0 atom stereocenters. The number of hydroxylamine groups is 1. The van der Waals surface area contributed by atoms with Crippen LogP contribution in [0, 0.1) is 17.6 Å². The highest BCUT2D eigenvalue weighted by atomic mass is 19.4. The molecule has 30 heavy (non-hydrogen) atoms. The number of nitrogens with zero attached hydrogens (tertiary/aromatic N) is 1. The van der Waals surface area contributed by atoms with Gasteiger partial charge in [0, 0.05) is 0 Å². The first-order chi connectivity index (χ1) is 14.2. The van der Waals surface area contributed by atoms with E-state index in [9.17, 15) is 26.7 Å². The van der Waals surface area contributed by atoms with Crippen LogP contribution in [0.4, 0.5) is 22.0 Å². The Kier molecular flexibility index (Phi) is 6.38. The van der Waals surface area contributed by atoms with Crippen molar-refractivity contribution >= 4 is 11.7 Å². The molecule has 0 radical (unpaired) electrons. The van der Waals surface area contributed by atoms with Crippen molar-refractivity contribution < 1.29 is 36.3 Å². The van der Waals surface area contributed by atoms with Gasteiger partial charge in [-0.15, -0.1) is 0 Å². The number of amides is 1. The summed E-state index contributed by atoms with van der Waals surface area (Å²) in [6.07, 6.45) is -3.33. The lowest BCUT2D eigenvalue weighted by atomic mass is 10.0. The van der Waals surface area contributed by atoms with Crippen molar-refractivity contribution in [3.8, 4) is 0 Å². The molecule has 0 spiro atoms. The number of halogens is 5. The Labute approximate surface area is 169 Å². The minimum Gasteiger partial charge on any atom is -0.341 e. The van der Waals surface area contributed by atoms with E-state index >= 15 is 0 Å². The molecule has 3 rings (SSSR count). The van der Waals surface area contributed by atoms with Crippen molar-refractivity contribution in [1.29, 1.82) is 0 Å². The molecule has 0 unspecified atom stereocenters. The number of hydrogen-bond acceptors (Lipinski definition) is 2. The molecule has 0 aliphatic heterocycles. The Hall–Kier alpha value is -2.97. The Morgan fingerprint density at radius 3 is 2.40 bits per heavy atom. The van der Waals surface area contributed by atoms with Gasteiger partial charge in [-0.1, -0.05) is 35.1 Å². The van der Waals surface area contributed by atoms with Crippen LogP contribution in [-0.2, 0) is 22.2 Å². The maximum Gasteiger partial charge on any atom is 0.417 e. The van der Waals surface area contributed by atoms with Crippen molar-refractivity contribution in [2.75, 3.05) is 13.7 Å². The number of rotatable bonds is 6. The largest absolute Gasteiger partial charge is 0.417 e. The second kappa shape index (κ2) is 8.81. The molecular formula is C21H20F5N2O2+. The average molecular weight is 427 g/mol. The number of benzene rings is 2. The number of carbonyl (C=O) groups excluding carboxylic acids is 1. The number of nitrogens with one attached hydrogen (secondary N) is 1. The number of hydrogen-bond donors (Lipinski definition) is 1. The van der Waals surface area contributed by atoms with Crippen molar-refractivity contribution in [1.82, 2.24) is 5.32 Å². The third-order valence-electron chi connectivity index (χ3n) is 4.62. The monoisotopic (exact) mass is 427 g/mol. The lowest BCUT2D eigenvalue weighted by molar-refractivity contribution is -0.770. The van der Waals surface area contributed by atoms with E-state index in [1.807, 2.05) is 0 Å². The minimum absolute atomic E-state index is 0.168. The van der Waals surface area contributed by atoms with Crippen LogP contribution in [0.3, 0.4) is 0 Å². The molecule has 1 fully saturated rings. The SMILES string of the molecule is C[N+](OCC1CC1)=C(NC(=O)Cc1ccccc1)c1c(C(F)(F)F)ccc(F)c1F. The molecule has 1 aliphatic rings. The fourth-order valence-corrected chi connectivity index (χ4v) is 2.84. The first-order valence-corrected chi connectivity index (χ1v) is 9.29. The zero-order chi connectivity index (χ0) is 21.9. The zero-order valence-electron chi connectivity index (χ0n) is 16.1. The predicted molar refractivity (Wildman–Crippen MR) is 98.6 cm³/mol. The van der Waals surface area contributed by atoms with Gasteiger partial charge in [-0.2, -0.15) is 13.2 Å². The summed E-state index contributed by atoms with van der Waals surface area (Å²) in [6, 6.07) is 9.31. The van der Waals surface area contributed by atoms with Gasteiger partial charge in [0.1, 0.15) is 19.2 Å². The summed E-state index contributed by atoms with van der Waals surface area (Å²) in [7, 11) is 1.24. The predicted octanol–water partition coefficient (Wildman–Crippen LogP) is 4.07.